The first kappa shape index (κ1) is 45.5. The van der Waals surface area contributed by atoms with Crippen LogP contribution in [0, 0.1) is 3.57 Å². The van der Waals surface area contributed by atoms with Gasteiger partial charge in [-0.3, -0.25) is 0 Å². The number of hydrogen-bond acceptors (Lipinski definition) is 4. The van der Waals surface area contributed by atoms with Gasteiger partial charge in [0.15, 0.2) is 0 Å². The van der Waals surface area contributed by atoms with E-state index < -0.39 is 0 Å². The van der Waals surface area contributed by atoms with E-state index >= 15 is 0 Å². The SMILES string of the molecule is CC12CCCCC1(C)c1cc(N(c3ccccc3)c3cc(Cl)cc(Br)c3)ccc1S2.CC12CCCCC1(C)c1cc(Nc3ccccc3)ccc1S2.Clc1cc(Br)cc(I)c1. The van der Waals surface area contributed by atoms with Crippen molar-refractivity contribution in [3.63, 3.8) is 0 Å². The molecule has 2 nitrogen and oxygen atoms in total. The molecule has 2 heterocycles. The molecule has 0 aromatic heterocycles. The van der Waals surface area contributed by atoms with E-state index in [1.165, 1.54) is 78.1 Å². The van der Waals surface area contributed by atoms with Gasteiger partial charge >= 0.3 is 0 Å². The Morgan fingerprint density at radius 1 is 0.525 bits per heavy atom. The standard InChI is InChI=1S/C26H25BrClNS.C20H23NS.C6H3BrClI/c1-25-12-6-7-13-26(25,2)30-24-11-10-21(17-23(24)25)29(20-8-4-3-5-9-20)22-15-18(27)14-19(28)16-22;1-19-12-6-7-13-20(19,2)22-18-11-10-16(14-17(18)19)21-15-8-4-3-5-9-15;7-4-1-5(8)3-6(9)2-4/h3-5,8-11,14-17H,6-7,12-13H2,1-2H3;3-5,8-11,14,21H,6-7,12-13H2,1-2H3;1-3H. The summed E-state index contributed by atoms with van der Waals surface area (Å²) in [7, 11) is 0. The number of nitrogens with one attached hydrogen (secondary N) is 1. The molecule has 2 aliphatic carbocycles. The Balaban J connectivity index is 0.000000144. The number of rotatable bonds is 5. The van der Waals surface area contributed by atoms with Crippen LogP contribution in [0.1, 0.15) is 90.2 Å². The third-order valence-corrected chi connectivity index (χ3v) is 18.9. The van der Waals surface area contributed by atoms with Crippen LogP contribution in [0.25, 0.3) is 0 Å². The predicted octanol–water partition coefficient (Wildman–Crippen LogP) is 19.1. The van der Waals surface area contributed by atoms with Crippen LogP contribution in [0.5, 0.6) is 0 Å². The van der Waals surface area contributed by atoms with E-state index in [1.807, 2.05) is 30.3 Å². The molecule has 4 aliphatic rings. The first-order valence-corrected chi connectivity index (χ1v) is 26.2. The van der Waals surface area contributed by atoms with Crippen LogP contribution in [0.3, 0.4) is 0 Å². The number of benzene rings is 6. The van der Waals surface area contributed by atoms with Gasteiger partial charge in [-0.2, -0.15) is 0 Å². The largest absolute Gasteiger partial charge is 0.356 e. The van der Waals surface area contributed by atoms with Crippen LogP contribution in [0.4, 0.5) is 28.4 Å². The van der Waals surface area contributed by atoms with Crippen LogP contribution in [-0.4, -0.2) is 9.49 Å². The van der Waals surface area contributed by atoms with Crippen molar-refractivity contribution >= 4 is 130 Å². The van der Waals surface area contributed by atoms with Crippen molar-refractivity contribution in [2.45, 2.75) is 109 Å². The van der Waals surface area contributed by atoms with E-state index in [9.17, 15) is 0 Å². The summed E-state index contributed by atoms with van der Waals surface area (Å²) in [5.41, 5.74) is 9.35. The Morgan fingerprint density at radius 2 is 1.05 bits per heavy atom. The number of nitrogens with zero attached hydrogens (tertiary/aromatic N) is 1. The molecule has 2 saturated carbocycles. The number of halogens is 5. The molecule has 4 atom stereocenters. The molecule has 0 spiro atoms. The summed E-state index contributed by atoms with van der Waals surface area (Å²) >= 11 is 25.5. The molecule has 10 rings (SSSR count). The Kier molecular flexibility index (Phi) is 14.0. The van der Waals surface area contributed by atoms with Crippen molar-refractivity contribution < 1.29 is 0 Å². The van der Waals surface area contributed by atoms with Gasteiger partial charge in [-0.25, -0.2) is 0 Å². The van der Waals surface area contributed by atoms with Gasteiger partial charge in [0.2, 0.25) is 0 Å². The van der Waals surface area contributed by atoms with Crippen LogP contribution < -0.4 is 10.2 Å². The average Bonchev–Trinajstić information content (AvgIpc) is 3.61. The number of para-hydroxylation sites is 2. The van der Waals surface area contributed by atoms with Gasteiger partial charge in [-0.05, 0) is 170 Å². The molecule has 316 valence electrons. The fourth-order valence-electron chi connectivity index (χ4n) is 9.82. The molecule has 2 aliphatic heterocycles. The van der Waals surface area contributed by atoms with E-state index in [1.54, 1.807) is 5.56 Å². The second kappa shape index (κ2) is 18.8. The molecular weight excluding hydrogens is 1070 g/mol. The van der Waals surface area contributed by atoms with E-state index in [2.05, 4.69) is 219 Å². The first-order valence-electron chi connectivity index (χ1n) is 21.1. The fraction of sp³-hybridized carbons (Fsp3) is 0.308. The second-order valence-electron chi connectivity index (χ2n) is 17.5. The van der Waals surface area contributed by atoms with Gasteiger partial charge in [-0.15, -0.1) is 23.5 Å². The van der Waals surface area contributed by atoms with Crippen LogP contribution in [0.15, 0.2) is 152 Å². The average molecular weight is 1130 g/mol. The van der Waals surface area contributed by atoms with E-state index in [0.717, 1.165) is 39.6 Å². The van der Waals surface area contributed by atoms with Crippen molar-refractivity contribution in [2.75, 3.05) is 10.2 Å². The Labute approximate surface area is 412 Å². The van der Waals surface area contributed by atoms with Gasteiger partial charge in [0.1, 0.15) is 0 Å². The van der Waals surface area contributed by atoms with Crippen molar-refractivity contribution in [3.8, 4) is 0 Å². The lowest BCUT2D eigenvalue weighted by Crippen LogP contribution is -2.43. The van der Waals surface area contributed by atoms with Crippen molar-refractivity contribution in [1.29, 1.82) is 0 Å². The number of fused-ring (bicyclic) bond motifs is 6. The van der Waals surface area contributed by atoms with Crippen molar-refractivity contribution in [1.82, 2.24) is 0 Å². The maximum atomic E-state index is 6.43. The Hall–Kier alpha value is -2.11. The molecule has 9 heteroatoms. The molecule has 0 amide bonds. The minimum absolute atomic E-state index is 0.221. The second-order valence-corrected chi connectivity index (χ2v) is 24.6. The summed E-state index contributed by atoms with van der Waals surface area (Å²) in [4.78, 5) is 5.25. The molecule has 6 aromatic carbocycles. The van der Waals surface area contributed by atoms with E-state index in [0.29, 0.717) is 14.9 Å². The van der Waals surface area contributed by atoms with E-state index in [-0.39, 0.29) is 5.41 Å². The minimum Gasteiger partial charge on any atom is -0.356 e. The van der Waals surface area contributed by atoms with Crippen LogP contribution >= 0.6 is 101 Å². The molecular formula is C52H51Br2Cl2IN2S2. The zero-order chi connectivity index (χ0) is 43.0. The molecule has 2 fully saturated rings. The van der Waals surface area contributed by atoms with Gasteiger partial charge in [0.05, 0.1) is 0 Å². The highest BCUT2D eigenvalue weighted by Crippen LogP contribution is 2.64. The summed E-state index contributed by atoms with van der Waals surface area (Å²) in [6.45, 7) is 9.91. The zero-order valence-corrected chi connectivity index (χ0v) is 43.5. The Morgan fingerprint density at radius 3 is 1.62 bits per heavy atom. The van der Waals surface area contributed by atoms with E-state index in [4.69, 9.17) is 23.2 Å². The maximum Gasteiger partial charge on any atom is 0.0487 e. The molecule has 1 N–H and O–H groups in total. The lowest BCUT2D eigenvalue weighted by Gasteiger charge is -2.45. The van der Waals surface area contributed by atoms with Gasteiger partial charge in [0.25, 0.3) is 0 Å². The topological polar surface area (TPSA) is 15.3 Å². The van der Waals surface area contributed by atoms with Crippen LogP contribution in [0.2, 0.25) is 10.0 Å². The number of thioether (sulfide) groups is 2. The third-order valence-electron chi connectivity index (χ3n) is 13.6. The van der Waals surface area contributed by atoms with Crippen molar-refractivity contribution in [2.24, 2.45) is 0 Å². The maximum absolute atomic E-state index is 6.43. The summed E-state index contributed by atoms with van der Waals surface area (Å²) in [6.07, 6.45) is 10.6. The summed E-state index contributed by atoms with van der Waals surface area (Å²) in [6, 6.07) is 46.8. The zero-order valence-electron chi connectivity index (χ0n) is 35.0. The van der Waals surface area contributed by atoms with Crippen LogP contribution in [-0.2, 0) is 10.8 Å². The quantitative estimate of drug-likeness (QED) is 0.173. The van der Waals surface area contributed by atoms with Gasteiger partial charge in [0, 0.05) is 81.1 Å². The van der Waals surface area contributed by atoms with Crippen molar-refractivity contribution in [3.05, 3.63) is 167 Å². The molecule has 4 unspecified atom stereocenters. The van der Waals surface area contributed by atoms with Gasteiger partial charge in [-0.1, -0.05) is 131 Å². The lowest BCUT2D eigenvalue weighted by molar-refractivity contribution is 0.260. The molecule has 6 aromatic rings. The summed E-state index contributed by atoms with van der Waals surface area (Å²) in [5, 5.41) is 5.05. The molecule has 0 saturated heterocycles. The van der Waals surface area contributed by atoms with Gasteiger partial charge < -0.3 is 10.2 Å². The smallest absolute Gasteiger partial charge is 0.0487 e. The minimum atomic E-state index is 0.221. The fourth-order valence-corrected chi connectivity index (χ4v) is 16.2. The number of anilines is 5. The molecule has 61 heavy (non-hydrogen) atoms. The highest BCUT2D eigenvalue weighted by Gasteiger charge is 2.54. The molecule has 0 radical (unpaired) electrons. The normalized spacial score (nSPS) is 24.4. The molecule has 0 bridgehead atoms. The summed E-state index contributed by atoms with van der Waals surface area (Å²) < 4.78 is 3.82. The Bertz CT molecular complexity index is 2460. The predicted molar refractivity (Wildman–Crippen MR) is 282 cm³/mol. The monoisotopic (exact) mass is 1120 g/mol. The third kappa shape index (κ3) is 9.51. The highest BCUT2D eigenvalue weighted by atomic mass is 127. The lowest BCUT2D eigenvalue weighted by atomic mass is 9.64. The highest BCUT2D eigenvalue weighted by molar-refractivity contribution is 14.1. The first-order chi connectivity index (χ1) is 29.2. The summed E-state index contributed by atoms with van der Waals surface area (Å²) in [5.74, 6) is 0. The number of hydrogen-bond donors (Lipinski definition) is 1.